The third kappa shape index (κ3) is 3.53. The number of nitrogen functional groups attached to an aromatic ring is 1. The van der Waals surface area contributed by atoms with Crippen molar-refractivity contribution in [3.05, 3.63) is 12.2 Å². The smallest absolute Gasteiger partial charge is 0.357 e. The third-order valence-corrected chi connectivity index (χ3v) is 5.69. The van der Waals surface area contributed by atoms with E-state index < -0.39 is 19.0 Å². The molecule has 0 saturated carbocycles. The van der Waals surface area contributed by atoms with Crippen molar-refractivity contribution in [1.82, 2.24) is 19.9 Å². The number of nitrogens with one attached hydrogen (secondary N) is 1. The Balaban J connectivity index is 2.19. The summed E-state index contributed by atoms with van der Waals surface area (Å²) >= 11 is 0. The van der Waals surface area contributed by atoms with Crippen LogP contribution in [0.15, 0.2) is 6.33 Å². The molecule has 0 fully saturated rings. The van der Waals surface area contributed by atoms with Gasteiger partial charge in [-0.2, -0.15) is 0 Å². The van der Waals surface area contributed by atoms with Gasteiger partial charge >= 0.3 is 7.60 Å². The maximum Gasteiger partial charge on any atom is 0.357 e. The summed E-state index contributed by atoms with van der Waals surface area (Å²) in [5, 5.41) is -1.49. The molecule has 0 spiro atoms. The van der Waals surface area contributed by atoms with Crippen LogP contribution in [0.2, 0.25) is 0 Å². The molecule has 2 aromatic rings. The highest BCUT2D eigenvalue weighted by Crippen LogP contribution is 2.55. The molecule has 0 aliphatic carbocycles. The number of H-pyrrole nitrogens is 1. The van der Waals surface area contributed by atoms with Crippen LogP contribution in [0.25, 0.3) is 11.2 Å². The highest BCUT2D eigenvalue weighted by atomic mass is 31.2. The van der Waals surface area contributed by atoms with Crippen molar-refractivity contribution in [3.8, 4) is 0 Å². The lowest BCUT2D eigenvalue weighted by Crippen LogP contribution is -2.35. The average Bonchev–Trinajstić information content (AvgIpc) is 2.92. The fourth-order valence-corrected chi connectivity index (χ4v) is 3.71. The molecule has 0 aromatic carbocycles. The number of nitrogens with zero attached hydrogens (tertiary/aromatic N) is 3. The van der Waals surface area contributed by atoms with Crippen molar-refractivity contribution in [1.29, 1.82) is 0 Å². The van der Waals surface area contributed by atoms with Gasteiger partial charge in [-0.25, -0.2) is 15.0 Å². The van der Waals surface area contributed by atoms with Gasteiger partial charge in [0, 0.05) is 6.42 Å². The van der Waals surface area contributed by atoms with Gasteiger partial charge in [0.1, 0.15) is 11.3 Å². The monoisotopic (exact) mass is 343 g/mol. The summed E-state index contributed by atoms with van der Waals surface area (Å²) in [6.45, 7) is 5.11. The van der Waals surface area contributed by atoms with E-state index in [0.29, 0.717) is 17.0 Å². The molecule has 2 heterocycles. The van der Waals surface area contributed by atoms with E-state index in [1.165, 1.54) is 6.33 Å². The van der Waals surface area contributed by atoms with Crippen molar-refractivity contribution >= 4 is 24.6 Å². The van der Waals surface area contributed by atoms with Gasteiger partial charge in [0.2, 0.25) is 0 Å². The molecule has 1 unspecified atom stereocenters. The predicted molar refractivity (Wildman–Crippen MR) is 85.7 cm³/mol. The molecule has 0 aliphatic rings. The molecule has 0 bridgehead atoms. The predicted octanol–water partition coefficient (Wildman–Crippen LogP) is 1.58. The Kier molecular flexibility index (Phi) is 5.05. The van der Waals surface area contributed by atoms with Gasteiger partial charge in [-0.3, -0.25) is 4.57 Å². The fourth-order valence-electron chi connectivity index (χ4n) is 2.56. The van der Waals surface area contributed by atoms with Crippen LogP contribution in [0.5, 0.6) is 0 Å². The fraction of sp³-hybridized carbons (Fsp3) is 0.615. The first-order valence-electron chi connectivity index (χ1n) is 7.41. The number of hydrogen-bond acceptors (Lipinski definition) is 6. The number of imidazole rings is 1. The largest absolute Gasteiger partial charge is 0.382 e. The Bertz CT molecular complexity index is 724. The van der Waals surface area contributed by atoms with Gasteiger partial charge in [0.15, 0.2) is 16.8 Å². The molecule has 2 rings (SSSR count). The number of fused-ring (bicyclic) bond motifs is 1. The standard InChI is InChI=1S/C13H22N5O4P/c1-4-13(5-2,23(19,20)21)22-8(3)6-9-17-11(14)10-12(18-9)16-7-15-10/h7-8H,4-6H2,1-3H3,(H2,19,20,21)(H3,14,15,16,17,18). The Labute approximate surface area is 133 Å². The van der Waals surface area contributed by atoms with E-state index in [-0.39, 0.29) is 25.1 Å². The number of ether oxygens (including phenoxy) is 1. The summed E-state index contributed by atoms with van der Waals surface area (Å²) in [5.41, 5.74) is 6.85. The second-order valence-electron chi connectivity index (χ2n) is 5.46. The van der Waals surface area contributed by atoms with Crippen LogP contribution in [0, 0.1) is 0 Å². The molecule has 1 atom stereocenters. The second-order valence-corrected chi connectivity index (χ2v) is 7.36. The molecular formula is C13H22N5O4P. The Morgan fingerprint density at radius 1 is 1.39 bits per heavy atom. The van der Waals surface area contributed by atoms with Crippen molar-refractivity contribution in [2.24, 2.45) is 0 Å². The van der Waals surface area contributed by atoms with Gasteiger partial charge in [-0.1, -0.05) is 13.8 Å². The van der Waals surface area contributed by atoms with Gasteiger partial charge in [0.25, 0.3) is 0 Å². The summed E-state index contributed by atoms with van der Waals surface area (Å²) in [5.74, 6) is 0.698. The van der Waals surface area contributed by atoms with Gasteiger partial charge in [0.05, 0.1) is 12.4 Å². The molecule has 5 N–H and O–H groups in total. The van der Waals surface area contributed by atoms with E-state index in [0.717, 1.165) is 0 Å². The van der Waals surface area contributed by atoms with E-state index in [1.807, 2.05) is 0 Å². The number of nitrogens with two attached hydrogens (primary N) is 1. The first-order chi connectivity index (χ1) is 10.7. The van der Waals surface area contributed by atoms with Crippen LogP contribution in [-0.4, -0.2) is 41.2 Å². The minimum atomic E-state index is -4.41. The number of rotatable bonds is 7. The molecule has 0 aliphatic heterocycles. The van der Waals surface area contributed by atoms with E-state index >= 15 is 0 Å². The maximum absolute atomic E-state index is 11.8. The van der Waals surface area contributed by atoms with Crippen LogP contribution in [0.1, 0.15) is 39.4 Å². The number of aromatic nitrogens is 4. The van der Waals surface area contributed by atoms with Gasteiger partial charge in [-0.15, -0.1) is 0 Å². The van der Waals surface area contributed by atoms with Crippen molar-refractivity contribution in [2.75, 3.05) is 5.73 Å². The first-order valence-corrected chi connectivity index (χ1v) is 9.02. The first kappa shape index (κ1) is 17.8. The van der Waals surface area contributed by atoms with Crippen LogP contribution in [-0.2, 0) is 15.7 Å². The van der Waals surface area contributed by atoms with E-state index in [4.69, 9.17) is 10.5 Å². The van der Waals surface area contributed by atoms with E-state index in [2.05, 4.69) is 19.9 Å². The quantitative estimate of drug-likeness (QED) is 0.554. The minimum absolute atomic E-state index is 0.208. The lowest BCUT2D eigenvalue weighted by Gasteiger charge is -2.34. The molecule has 23 heavy (non-hydrogen) atoms. The lowest BCUT2D eigenvalue weighted by molar-refractivity contribution is -0.0514. The summed E-state index contributed by atoms with van der Waals surface area (Å²) in [7, 11) is -4.41. The molecule has 128 valence electrons. The Morgan fingerprint density at radius 2 is 2.04 bits per heavy atom. The molecule has 10 heteroatoms. The van der Waals surface area contributed by atoms with Crippen LogP contribution in [0.3, 0.4) is 0 Å². The summed E-state index contributed by atoms with van der Waals surface area (Å²) in [6.07, 6.45) is 1.68. The molecule has 0 amide bonds. The van der Waals surface area contributed by atoms with Crippen LogP contribution in [0.4, 0.5) is 5.82 Å². The Morgan fingerprint density at radius 3 is 2.61 bits per heavy atom. The summed E-state index contributed by atoms with van der Waals surface area (Å²) in [4.78, 5) is 34.6. The zero-order valence-electron chi connectivity index (χ0n) is 13.4. The average molecular weight is 343 g/mol. The summed E-state index contributed by atoms with van der Waals surface area (Å²) in [6, 6.07) is 0. The zero-order chi connectivity index (χ0) is 17.3. The normalized spacial score (nSPS) is 14.3. The number of anilines is 1. The number of hydrogen-bond donors (Lipinski definition) is 4. The Hall–Kier alpha value is -1.54. The second kappa shape index (κ2) is 6.52. The van der Waals surface area contributed by atoms with Gasteiger partial charge in [-0.05, 0) is 19.8 Å². The molecular weight excluding hydrogens is 321 g/mol. The van der Waals surface area contributed by atoms with Gasteiger partial charge < -0.3 is 25.2 Å². The molecule has 2 aromatic heterocycles. The topological polar surface area (TPSA) is 147 Å². The zero-order valence-corrected chi connectivity index (χ0v) is 14.2. The lowest BCUT2D eigenvalue weighted by atomic mass is 10.2. The van der Waals surface area contributed by atoms with Crippen LogP contribution < -0.4 is 5.73 Å². The van der Waals surface area contributed by atoms with Crippen LogP contribution >= 0.6 is 7.60 Å². The number of aromatic amines is 1. The molecule has 0 saturated heterocycles. The van der Waals surface area contributed by atoms with E-state index in [1.54, 1.807) is 20.8 Å². The van der Waals surface area contributed by atoms with E-state index in [9.17, 15) is 14.4 Å². The van der Waals surface area contributed by atoms with Crippen molar-refractivity contribution in [3.63, 3.8) is 0 Å². The summed E-state index contributed by atoms with van der Waals surface area (Å²) < 4.78 is 17.5. The SMILES string of the molecule is CCC(CC)(OC(C)Cc1nc(N)c2[nH]cnc2n1)P(=O)(O)O. The van der Waals surface area contributed by atoms with Crippen molar-refractivity contribution < 1.29 is 19.1 Å². The highest BCUT2D eigenvalue weighted by Gasteiger charge is 2.46. The minimum Gasteiger partial charge on any atom is -0.382 e. The molecule has 9 nitrogen and oxygen atoms in total. The maximum atomic E-state index is 11.8. The van der Waals surface area contributed by atoms with Crippen molar-refractivity contribution in [2.45, 2.75) is 51.5 Å². The highest BCUT2D eigenvalue weighted by molar-refractivity contribution is 7.53. The third-order valence-electron chi connectivity index (χ3n) is 3.89. The molecule has 0 radical (unpaired) electrons.